The molecular weight excluding hydrogens is 312 g/mol. The van der Waals surface area contributed by atoms with E-state index in [1.165, 1.54) is 6.92 Å². The van der Waals surface area contributed by atoms with Gasteiger partial charge in [-0.05, 0) is 29.7 Å². The van der Waals surface area contributed by atoms with Crippen molar-refractivity contribution < 1.29 is 14.3 Å². The Bertz CT molecular complexity index is 898. The lowest BCUT2D eigenvalue weighted by Crippen LogP contribution is -2.10. The lowest BCUT2D eigenvalue weighted by molar-refractivity contribution is -0.131. The van der Waals surface area contributed by atoms with E-state index in [0.29, 0.717) is 17.5 Å². The number of ketones is 1. The summed E-state index contributed by atoms with van der Waals surface area (Å²) in [7, 11) is 0. The summed E-state index contributed by atoms with van der Waals surface area (Å²) in [6.07, 6.45) is 0.665. The second-order valence-corrected chi connectivity index (χ2v) is 5.74. The first-order valence-electron chi connectivity index (χ1n) is 8.09. The molecule has 0 bridgehead atoms. The first-order valence-corrected chi connectivity index (χ1v) is 8.09. The number of benzene rings is 3. The van der Waals surface area contributed by atoms with Crippen LogP contribution in [0.15, 0.2) is 78.9 Å². The van der Waals surface area contributed by atoms with Crippen molar-refractivity contribution in [3.8, 4) is 5.75 Å². The quantitative estimate of drug-likeness (QED) is 0.395. The Morgan fingerprint density at radius 1 is 0.760 bits per heavy atom. The van der Waals surface area contributed by atoms with Crippen LogP contribution in [0.1, 0.15) is 34.0 Å². The van der Waals surface area contributed by atoms with E-state index in [0.717, 1.165) is 11.1 Å². The third kappa shape index (κ3) is 4.01. The fourth-order valence-electron chi connectivity index (χ4n) is 2.75. The third-order valence-corrected chi connectivity index (χ3v) is 3.88. The maximum atomic E-state index is 13.1. The number of rotatable bonds is 5. The van der Waals surface area contributed by atoms with Gasteiger partial charge in [-0.3, -0.25) is 9.59 Å². The Hall–Kier alpha value is -3.20. The lowest BCUT2D eigenvalue weighted by atomic mass is 9.94. The molecule has 0 aromatic heterocycles. The first kappa shape index (κ1) is 16.7. The molecule has 3 heteroatoms. The maximum absolute atomic E-state index is 13.1. The fraction of sp³-hybridized carbons (Fsp3) is 0.0909. The SMILES string of the molecule is CC(=O)Oc1ccccc1C(=O)c1ccccc1Cc1ccccc1. The zero-order valence-corrected chi connectivity index (χ0v) is 13.9. The maximum Gasteiger partial charge on any atom is 0.308 e. The summed E-state index contributed by atoms with van der Waals surface area (Å²) >= 11 is 0. The highest BCUT2D eigenvalue weighted by atomic mass is 16.5. The van der Waals surface area contributed by atoms with Crippen LogP contribution in [0, 0.1) is 0 Å². The summed E-state index contributed by atoms with van der Waals surface area (Å²) in [6, 6.07) is 24.4. The molecule has 0 saturated carbocycles. The minimum atomic E-state index is -0.446. The molecular formula is C22H18O3. The molecule has 3 nitrogen and oxygen atoms in total. The van der Waals surface area contributed by atoms with Gasteiger partial charge in [0, 0.05) is 12.5 Å². The highest BCUT2D eigenvalue weighted by Crippen LogP contribution is 2.24. The van der Waals surface area contributed by atoms with E-state index in [4.69, 9.17) is 4.74 Å². The molecule has 3 aromatic carbocycles. The Morgan fingerprint density at radius 2 is 1.36 bits per heavy atom. The van der Waals surface area contributed by atoms with Gasteiger partial charge in [-0.25, -0.2) is 0 Å². The van der Waals surface area contributed by atoms with Crippen LogP contribution in [0.25, 0.3) is 0 Å². The van der Waals surface area contributed by atoms with Crippen LogP contribution in [0.2, 0.25) is 0 Å². The molecule has 0 aliphatic carbocycles. The van der Waals surface area contributed by atoms with Gasteiger partial charge < -0.3 is 4.74 Å². The van der Waals surface area contributed by atoms with Crippen molar-refractivity contribution in [2.45, 2.75) is 13.3 Å². The van der Waals surface area contributed by atoms with Crippen molar-refractivity contribution in [2.75, 3.05) is 0 Å². The van der Waals surface area contributed by atoms with Crippen LogP contribution < -0.4 is 4.74 Å². The predicted octanol–water partition coefficient (Wildman–Crippen LogP) is 4.43. The lowest BCUT2D eigenvalue weighted by Gasteiger charge is -2.11. The van der Waals surface area contributed by atoms with Crippen LogP contribution in [0.4, 0.5) is 0 Å². The highest BCUT2D eigenvalue weighted by molar-refractivity contribution is 6.11. The number of para-hydroxylation sites is 1. The number of hydrogen-bond donors (Lipinski definition) is 0. The number of carbonyl (C=O) groups excluding carboxylic acids is 2. The average molecular weight is 330 g/mol. The molecule has 0 radical (unpaired) electrons. The first-order chi connectivity index (χ1) is 12.1. The minimum Gasteiger partial charge on any atom is -0.426 e. The van der Waals surface area contributed by atoms with Gasteiger partial charge in [-0.15, -0.1) is 0 Å². The van der Waals surface area contributed by atoms with Gasteiger partial charge in [-0.1, -0.05) is 66.7 Å². The highest BCUT2D eigenvalue weighted by Gasteiger charge is 2.18. The Kier molecular flexibility index (Phi) is 5.05. The summed E-state index contributed by atoms with van der Waals surface area (Å²) < 4.78 is 5.19. The second kappa shape index (κ2) is 7.58. The smallest absolute Gasteiger partial charge is 0.308 e. The normalized spacial score (nSPS) is 10.3. The molecule has 3 aromatic rings. The fourth-order valence-corrected chi connectivity index (χ4v) is 2.75. The van der Waals surface area contributed by atoms with E-state index in [1.807, 2.05) is 54.6 Å². The molecule has 0 heterocycles. The monoisotopic (exact) mass is 330 g/mol. The average Bonchev–Trinajstić information content (AvgIpc) is 2.62. The van der Waals surface area contributed by atoms with Crippen LogP contribution in [0.5, 0.6) is 5.75 Å². The van der Waals surface area contributed by atoms with Crippen molar-refractivity contribution in [1.82, 2.24) is 0 Å². The van der Waals surface area contributed by atoms with Crippen LogP contribution >= 0.6 is 0 Å². The van der Waals surface area contributed by atoms with E-state index >= 15 is 0 Å². The van der Waals surface area contributed by atoms with Crippen molar-refractivity contribution in [2.24, 2.45) is 0 Å². The molecule has 124 valence electrons. The number of carbonyl (C=O) groups is 2. The predicted molar refractivity (Wildman–Crippen MR) is 96.9 cm³/mol. The molecule has 0 unspecified atom stereocenters. The molecule has 0 fully saturated rings. The standard InChI is InChI=1S/C22H18O3/c1-16(23)25-21-14-8-7-13-20(21)22(24)19-12-6-5-11-18(19)15-17-9-3-2-4-10-17/h2-14H,15H2,1H3. The Balaban J connectivity index is 1.97. The van der Waals surface area contributed by atoms with Gasteiger partial charge in [0.15, 0.2) is 5.78 Å². The molecule has 0 aliphatic rings. The number of esters is 1. The van der Waals surface area contributed by atoms with Crippen molar-refractivity contribution in [3.05, 3.63) is 101 Å². The summed E-state index contributed by atoms with van der Waals surface area (Å²) in [5, 5.41) is 0. The summed E-state index contributed by atoms with van der Waals surface area (Å²) in [5.41, 5.74) is 3.08. The van der Waals surface area contributed by atoms with Crippen LogP contribution in [-0.4, -0.2) is 11.8 Å². The van der Waals surface area contributed by atoms with Crippen molar-refractivity contribution in [1.29, 1.82) is 0 Å². The molecule has 0 atom stereocenters. The van der Waals surface area contributed by atoms with Gasteiger partial charge >= 0.3 is 5.97 Å². The van der Waals surface area contributed by atoms with Gasteiger partial charge in [0.2, 0.25) is 0 Å². The Labute approximate surface area is 146 Å². The van der Waals surface area contributed by atoms with Crippen LogP contribution in [0.3, 0.4) is 0 Å². The molecule has 0 N–H and O–H groups in total. The van der Waals surface area contributed by atoms with Gasteiger partial charge in [0.1, 0.15) is 5.75 Å². The molecule has 0 aliphatic heterocycles. The van der Waals surface area contributed by atoms with Crippen molar-refractivity contribution >= 4 is 11.8 Å². The zero-order valence-electron chi connectivity index (χ0n) is 13.9. The second-order valence-electron chi connectivity index (χ2n) is 5.74. The van der Waals surface area contributed by atoms with E-state index in [-0.39, 0.29) is 11.5 Å². The van der Waals surface area contributed by atoms with Gasteiger partial charge in [0.25, 0.3) is 0 Å². The van der Waals surface area contributed by atoms with E-state index < -0.39 is 5.97 Å². The third-order valence-electron chi connectivity index (χ3n) is 3.88. The largest absolute Gasteiger partial charge is 0.426 e. The number of hydrogen-bond acceptors (Lipinski definition) is 3. The summed E-state index contributed by atoms with van der Waals surface area (Å²) in [4.78, 5) is 24.4. The molecule has 0 spiro atoms. The van der Waals surface area contributed by atoms with E-state index in [9.17, 15) is 9.59 Å². The zero-order chi connectivity index (χ0) is 17.6. The van der Waals surface area contributed by atoms with Crippen LogP contribution in [-0.2, 0) is 11.2 Å². The minimum absolute atomic E-state index is 0.150. The summed E-state index contributed by atoms with van der Waals surface area (Å²) in [6.45, 7) is 1.32. The number of ether oxygens (including phenoxy) is 1. The molecule has 3 rings (SSSR count). The summed E-state index contributed by atoms with van der Waals surface area (Å²) in [5.74, 6) is -0.310. The molecule has 25 heavy (non-hydrogen) atoms. The van der Waals surface area contributed by atoms with E-state index in [1.54, 1.807) is 24.3 Å². The van der Waals surface area contributed by atoms with E-state index in [2.05, 4.69) is 0 Å². The molecule has 0 amide bonds. The van der Waals surface area contributed by atoms with Crippen molar-refractivity contribution in [3.63, 3.8) is 0 Å². The molecule has 0 saturated heterocycles. The topological polar surface area (TPSA) is 43.4 Å². The Morgan fingerprint density at radius 3 is 2.08 bits per heavy atom. The van der Waals surface area contributed by atoms with Gasteiger partial charge in [-0.2, -0.15) is 0 Å². The van der Waals surface area contributed by atoms with Gasteiger partial charge in [0.05, 0.1) is 5.56 Å².